The second-order valence-corrected chi connectivity index (χ2v) is 5.34. The summed E-state index contributed by atoms with van der Waals surface area (Å²) in [7, 11) is 0. The number of benzene rings is 1. The second kappa shape index (κ2) is 5.01. The van der Waals surface area contributed by atoms with E-state index in [9.17, 15) is 22.4 Å². The largest absolute Gasteiger partial charge is 0.443 e. The lowest BCUT2D eigenvalue weighted by molar-refractivity contribution is -0.137. The van der Waals surface area contributed by atoms with Gasteiger partial charge in [-0.1, -0.05) is 6.07 Å². The molecule has 100 valence electrons. The van der Waals surface area contributed by atoms with E-state index in [-0.39, 0.29) is 26.3 Å². The van der Waals surface area contributed by atoms with Gasteiger partial charge >= 0.3 is 6.18 Å². The van der Waals surface area contributed by atoms with Gasteiger partial charge in [-0.25, -0.2) is 9.37 Å². The van der Waals surface area contributed by atoms with E-state index in [1.807, 2.05) is 0 Å². The molecule has 0 amide bonds. The summed E-state index contributed by atoms with van der Waals surface area (Å²) in [5, 5.41) is -1.13. The number of rotatable bonds is 2. The number of nitrogens with zero attached hydrogens (tertiary/aromatic N) is 1. The van der Waals surface area contributed by atoms with Gasteiger partial charge in [0.15, 0.2) is 5.01 Å². The molecule has 2 rings (SSSR count). The van der Waals surface area contributed by atoms with Crippen LogP contribution in [0.2, 0.25) is 0 Å². The van der Waals surface area contributed by atoms with Crippen LogP contribution in [0.5, 0.6) is 0 Å². The van der Waals surface area contributed by atoms with Crippen LogP contribution in [0.4, 0.5) is 17.6 Å². The van der Waals surface area contributed by atoms with E-state index in [1.54, 1.807) is 0 Å². The fourth-order valence-electron chi connectivity index (χ4n) is 1.32. The molecule has 2 aromatic rings. The molecule has 2 nitrogen and oxygen atoms in total. The SMILES string of the molecule is O=C(c1cnc(C(F)(F)F)s1)c1cccc(Br)c1F. The number of hydrogen-bond acceptors (Lipinski definition) is 3. The predicted octanol–water partition coefficient (Wildman–Crippen LogP) is 4.29. The van der Waals surface area contributed by atoms with Crippen LogP contribution in [0.3, 0.4) is 0 Å². The maximum atomic E-state index is 13.7. The van der Waals surface area contributed by atoms with Crippen LogP contribution in [0.15, 0.2) is 28.9 Å². The van der Waals surface area contributed by atoms with Crippen molar-refractivity contribution in [1.29, 1.82) is 0 Å². The van der Waals surface area contributed by atoms with Crippen LogP contribution in [0.1, 0.15) is 20.2 Å². The number of alkyl halides is 3. The first-order valence-corrected chi connectivity index (χ1v) is 6.43. The van der Waals surface area contributed by atoms with Crippen molar-refractivity contribution in [3.8, 4) is 0 Å². The third-order valence-electron chi connectivity index (χ3n) is 2.17. The van der Waals surface area contributed by atoms with E-state index in [1.165, 1.54) is 18.2 Å². The Kier molecular flexibility index (Phi) is 3.73. The third kappa shape index (κ3) is 2.84. The molecule has 1 heterocycles. The maximum absolute atomic E-state index is 13.7. The summed E-state index contributed by atoms with van der Waals surface area (Å²) >= 11 is 3.09. The Hall–Kier alpha value is -1.28. The molecule has 1 aromatic carbocycles. The van der Waals surface area contributed by atoms with Gasteiger partial charge in [0.05, 0.1) is 14.9 Å². The molecular formula is C11H4BrF4NOS. The van der Waals surface area contributed by atoms with E-state index in [4.69, 9.17) is 0 Å². The molecule has 0 aliphatic rings. The molecule has 0 unspecified atom stereocenters. The highest BCUT2D eigenvalue weighted by Crippen LogP contribution is 2.33. The molecule has 0 saturated carbocycles. The van der Waals surface area contributed by atoms with Gasteiger partial charge in [-0.15, -0.1) is 11.3 Å². The average Bonchev–Trinajstić information content (AvgIpc) is 2.81. The predicted molar refractivity (Wildman–Crippen MR) is 64.6 cm³/mol. The molecule has 0 radical (unpaired) electrons. The molecule has 0 N–H and O–H groups in total. The lowest BCUT2D eigenvalue weighted by Crippen LogP contribution is -2.03. The minimum Gasteiger partial charge on any atom is -0.288 e. The summed E-state index contributed by atoms with van der Waals surface area (Å²) in [6.07, 6.45) is -3.81. The molecule has 19 heavy (non-hydrogen) atoms. The third-order valence-corrected chi connectivity index (χ3v) is 3.82. The van der Waals surface area contributed by atoms with Crippen LogP contribution in [-0.4, -0.2) is 10.8 Å². The molecular weight excluding hydrogens is 350 g/mol. The standard InChI is InChI=1S/C11H4BrF4NOS/c12-6-3-1-2-5(8(6)13)9(18)7-4-17-10(19-7)11(14,15)16/h1-4H. The highest BCUT2D eigenvalue weighted by Gasteiger charge is 2.35. The van der Waals surface area contributed by atoms with Crippen LogP contribution < -0.4 is 0 Å². The first-order valence-electron chi connectivity index (χ1n) is 4.82. The van der Waals surface area contributed by atoms with Crippen LogP contribution in [-0.2, 0) is 6.18 Å². The number of thiazole rings is 1. The zero-order valence-corrected chi connectivity index (χ0v) is 11.4. The van der Waals surface area contributed by atoms with Crippen molar-refractivity contribution in [2.45, 2.75) is 6.18 Å². The number of carbonyl (C=O) groups is 1. The summed E-state index contributed by atoms with van der Waals surface area (Å²) in [5.41, 5.74) is -0.299. The van der Waals surface area contributed by atoms with Gasteiger partial charge in [-0.05, 0) is 28.1 Å². The van der Waals surface area contributed by atoms with Crippen molar-refractivity contribution in [3.05, 3.63) is 50.1 Å². The zero-order chi connectivity index (χ0) is 14.2. The fraction of sp³-hybridized carbons (Fsp3) is 0.0909. The Morgan fingerprint density at radius 3 is 2.58 bits per heavy atom. The molecule has 1 aromatic heterocycles. The van der Waals surface area contributed by atoms with Crippen molar-refractivity contribution in [2.75, 3.05) is 0 Å². The summed E-state index contributed by atoms with van der Waals surface area (Å²) in [6, 6.07) is 4.02. The Morgan fingerprint density at radius 1 is 1.32 bits per heavy atom. The van der Waals surface area contributed by atoms with Crippen molar-refractivity contribution in [3.63, 3.8) is 0 Å². The van der Waals surface area contributed by atoms with Crippen molar-refractivity contribution >= 4 is 33.0 Å². The van der Waals surface area contributed by atoms with Crippen molar-refractivity contribution in [1.82, 2.24) is 4.98 Å². The Labute approximate surface area is 117 Å². The van der Waals surface area contributed by atoms with Gasteiger partial charge in [-0.2, -0.15) is 13.2 Å². The topological polar surface area (TPSA) is 30.0 Å². The quantitative estimate of drug-likeness (QED) is 0.595. The van der Waals surface area contributed by atoms with Crippen LogP contribution in [0.25, 0.3) is 0 Å². The van der Waals surface area contributed by atoms with E-state index in [0.717, 1.165) is 6.20 Å². The lowest BCUT2D eigenvalue weighted by atomic mass is 10.1. The minimum atomic E-state index is -4.61. The van der Waals surface area contributed by atoms with Gasteiger partial charge in [0.25, 0.3) is 0 Å². The van der Waals surface area contributed by atoms with Crippen LogP contribution in [0, 0.1) is 5.82 Å². The minimum absolute atomic E-state index is 0.0684. The zero-order valence-electron chi connectivity index (χ0n) is 8.96. The van der Waals surface area contributed by atoms with Gasteiger partial charge in [0, 0.05) is 6.20 Å². The maximum Gasteiger partial charge on any atom is 0.443 e. The number of ketones is 1. The van der Waals surface area contributed by atoms with Crippen molar-refractivity contribution < 1.29 is 22.4 Å². The van der Waals surface area contributed by atoms with Crippen LogP contribution >= 0.6 is 27.3 Å². The number of carbonyl (C=O) groups excluding carboxylic acids is 1. The molecule has 0 aliphatic heterocycles. The summed E-state index contributed by atoms with van der Waals surface area (Å²) in [6.45, 7) is 0. The normalized spacial score (nSPS) is 11.6. The van der Waals surface area contributed by atoms with E-state index >= 15 is 0 Å². The van der Waals surface area contributed by atoms with E-state index in [0.29, 0.717) is 0 Å². The molecule has 0 saturated heterocycles. The van der Waals surface area contributed by atoms with Crippen molar-refractivity contribution in [2.24, 2.45) is 0 Å². The number of halogens is 5. The highest BCUT2D eigenvalue weighted by atomic mass is 79.9. The first-order chi connectivity index (χ1) is 8.80. The first kappa shape index (κ1) is 14.1. The Bertz CT molecular complexity index is 638. The summed E-state index contributed by atoms with van der Waals surface area (Å²) in [5.74, 6) is -1.64. The Balaban J connectivity index is 2.40. The van der Waals surface area contributed by atoms with E-state index in [2.05, 4.69) is 20.9 Å². The van der Waals surface area contributed by atoms with Gasteiger partial charge in [0.2, 0.25) is 5.78 Å². The molecule has 0 aliphatic carbocycles. The molecule has 0 atom stereocenters. The fourth-order valence-corrected chi connectivity index (χ4v) is 2.43. The van der Waals surface area contributed by atoms with Gasteiger partial charge in [0.1, 0.15) is 5.82 Å². The smallest absolute Gasteiger partial charge is 0.288 e. The molecule has 0 spiro atoms. The van der Waals surface area contributed by atoms with Gasteiger partial charge in [-0.3, -0.25) is 4.79 Å². The van der Waals surface area contributed by atoms with E-state index < -0.39 is 22.8 Å². The van der Waals surface area contributed by atoms with Gasteiger partial charge < -0.3 is 0 Å². The molecule has 0 bridgehead atoms. The number of hydrogen-bond donors (Lipinski definition) is 0. The molecule has 8 heteroatoms. The molecule has 0 fully saturated rings. The Morgan fingerprint density at radius 2 is 2.00 bits per heavy atom. The second-order valence-electron chi connectivity index (χ2n) is 3.46. The average molecular weight is 354 g/mol. The summed E-state index contributed by atoms with van der Waals surface area (Å²) < 4.78 is 50.8. The monoisotopic (exact) mass is 353 g/mol. The number of aromatic nitrogens is 1. The lowest BCUT2D eigenvalue weighted by Gasteiger charge is -2.02. The summed E-state index contributed by atoms with van der Waals surface area (Å²) in [4.78, 5) is 14.8. The highest BCUT2D eigenvalue weighted by molar-refractivity contribution is 9.10.